The van der Waals surface area contributed by atoms with E-state index in [1.165, 1.54) is 11.1 Å². The maximum atomic E-state index is 3.07. The molecule has 0 N–H and O–H groups in total. The van der Waals surface area contributed by atoms with E-state index in [0.29, 0.717) is 0 Å². The smallest absolute Gasteiger partial charge is 0 e. The first-order chi connectivity index (χ1) is 3.79. The fraction of sp³-hybridized carbons (Fsp3) is 0.250. The Labute approximate surface area is 69.0 Å². The zero-order valence-electron chi connectivity index (χ0n) is 5.94. The van der Waals surface area contributed by atoms with Crippen molar-refractivity contribution in [2.45, 2.75) is 13.8 Å². The monoisotopic (exact) mass is 169 g/mol. The molecule has 0 nitrogen and oxygen atoms in total. The van der Waals surface area contributed by atoms with Crippen molar-refractivity contribution in [1.82, 2.24) is 0 Å². The van der Waals surface area contributed by atoms with Crippen LogP contribution in [0.5, 0.6) is 0 Å². The largest absolute Gasteiger partial charge is 0.181 e. The average molecular weight is 171 g/mol. The second-order valence-electron chi connectivity index (χ2n) is 2.05. The molecule has 1 aromatic rings. The van der Waals surface area contributed by atoms with Gasteiger partial charge in [-0.2, -0.15) is 35.4 Å². The summed E-state index contributed by atoms with van der Waals surface area (Å²) < 4.78 is 0. The molecule has 0 fully saturated rings. The number of rotatable bonds is 0. The van der Waals surface area contributed by atoms with Crippen LogP contribution < -0.4 is 0 Å². The number of aryl methyl sites for hydroxylation is 2. The van der Waals surface area contributed by atoms with Crippen LogP contribution in [-0.2, 0) is 19.5 Å². The zero-order valence-corrected chi connectivity index (χ0v) is 8.91. The predicted octanol–water partition coefficient (Wildman–Crippen LogP) is 2.10. The second-order valence-corrected chi connectivity index (χ2v) is 2.05. The molecule has 0 amide bonds. The molecule has 0 bridgehead atoms. The summed E-state index contributed by atoms with van der Waals surface area (Å²) in [6.07, 6.45) is 0. The van der Waals surface area contributed by atoms with Crippen LogP contribution >= 0.6 is 0 Å². The van der Waals surface area contributed by atoms with Gasteiger partial charge in [0.2, 0.25) is 0 Å². The summed E-state index contributed by atoms with van der Waals surface area (Å²) in [6.45, 7) is 4.13. The standard InChI is InChI=1S/C8H9.Zn/c1-7-4-3-5-8(2)6-7;/h3-4,6H,1-2H3;/q-1;. The van der Waals surface area contributed by atoms with Gasteiger partial charge >= 0.3 is 0 Å². The van der Waals surface area contributed by atoms with Crippen LogP contribution in [0, 0.1) is 19.9 Å². The summed E-state index contributed by atoms with van der Waals surface area (Å²) in [5, 5.41) is 0. The molecule has 1 heteroatoms. The minimum absolute atomic E-state index is 0. The van der Waals surface area contributed by atoms with Crippen LogP contribution in [-0.4, -0.2) is 0 Å². The molecule has 1 aromatic carbocycles. The molecule has 0 aliphatic carbocycles. The molecule has 0 aliphatic heterocycles. The SMILES string of the molecule is Cc1[c-]ccc(C)c1.[Zn]. The predicted molar refractivity (Wildman–Crippen MR) is 34.8 cm³/mol. The van der Waals surface area contributed by atoms with Crippen LogP contribution in [0.25, 0.3) is 0 Å². The summed E-state index contributed by atoms with van der Waals surface area (Å²) in [5.41, 5.74) is 2.52. The van der Waals surface area contributed by atoms with E-state index >= 15 is 0 Å². The fourth-order valence-corrected chi connectivity index (χ4v) is 0.736. The summed E-state index contributed by atoms with van der Waals surface area (Å²) in [7, 11) is 0. The quantitative estimate of drug-likeness (QED) is 0.413. The summed E-state index contributed by atoms with van der Waals surface area (Å²) in [4.78, 5) is 0. The van der Waals surface area contributed by atoms with E-state index in [1.54, 1.807) is 0 Å². The third-order valence-electron chi connectivity index (χ3n) is 1.10. The zero-order chi connectivity index (χ0) is 5.98. The Balaban J connectivity index is 0.000000640. The number of hydrogen-bond donors (Lipinski definition) is 0. The summed E-state index contributed by atoms with van der Waals surface area (Å²) in [5.74, 6) is 0. The van der Waals surface area contributed by atoms with Gasteiger partial charge in [-0.15, -0.1) is 0 Å². The molecule has 9 heavy (non-hydrogen) atoms. The van der Waals surface area contributed by atoms with E-state index in [-0.39, 0.29) is 19.5 Å². The van der Waals surface area contributed by atoms with Crippen molar-refractivity contribution in [2.24, 2.45) is 0 Å². The van der Waals surface area contributed by atoms with Gasteiger partial charge in [-0.05, 0) is 0 Å². The van der Waals surface area contributed by atoms with E-state index < -0.39 is 0 Å². The molecule has 0 aromatic heterocycles. The molecule has 44 valence electrons. The van der Waals surface area contributed by atoms with Crippen molar-refractivity contribution >= 4 is 0 Å². The third kappa shape index (κ3) is 2.76. The second kappa shape index (κ2) is 3.79. The van der Waals surface area contributed by atoms with Crippen LogP contribution in [0.15, 0.2) is 18.2 Å². The van der Waals surface area contributed by atoms with Crippen molar-refractivity contribution < 1.29 is 19.5 Å². The molecule has 0 saturated carbocycles. The Morgan fingerprint density at radius 2 is 2.00 bits per heavy atom. The molecule has 0 unspecified atom stereocenters. The molecule has 0 aliphatic rings. The normalized spacial score (nSPS) is 8.22. The van der Waals surface area contributed by atoms with Crippen molar-refractivity contribution in [3.05, 3.63) is 35.4 Å². The van der Waals surface area contributed by atoms with Crippen LogP contribution in [0.3, 0.4) is 0 Å². The van der Waals surface area contributed by atoms with E-state index in [0.717, 1.165) is 0 Å². The van der Waals surface area contributed by atoms with E-state index in [1.807, 2.05) is 19.1 Å². The first-order valence-electron chi connectivity index (χ1n) is 2.74. The van der Waals surface area contributed by atoms with Gasteiger partial charge in [0.1, 0.15) is 0 Å². The topological polar surface area (TPSA) is 0 Å². The minimum atomic E-state index is 0. The molecule has 0 heterocycles. The Bertz CT molecular complexity index is 164. The fourth-order valence-electron chi connectivity index (χ4n) is 0.736. The molecule has 0 spiro atoms. The first-order valence-corrected chi connectivity index (χ1v) is 2.74. The van der Waals surface area contributed by atoms with Crippen LogP contribution in [0.4, 0.5) is 0 Å². The molecular weight excluding hydrogens is 161 g/mol. The van der Waals surface area contributed by atoms with E-state index in [9.17, 15) is 0 Å². The minimum Gasteiger partial charge on any atom is -0.181 e. The Kier molecular flexibility index (Phi) is 3.73. The average Bonchev–Trinajstić information content (AvgIpc) is 1.64. The van der Waals surface area contributed by atoms with Gasteiger partial charge < -0.3 is 0 Å². The van der Waals surface area contributed by atoms with Crippen molar-refractivity contribution in [2.75, 3.05) is 0 Å². The van der Waals surface area contributed by atoms with Crippen molar-refractivity contribution in [3.8, 4) is 0 Å². The Morgan fingerprint density at radius 3 is 2.33 bits per heavy atom. The van der Waals surface area contributed by atoms with Gasteiger partial charge in [0.15, 0.2) is 0 Å². The van der Waals surface area contributed by atoms with Crippen molar-refractivity contribution in [3.63, 3.8) is 0 Å². The van der Waals surface area contributed by atoms with E-state index in [4.69, 9.17) is 0 Å². The summed E-state index contributed by atoms with van der Waals surface area (Å²) in [6, 6.07) is 9.18. The number of hydrogen-bond acceptors (Lipinski definition) is 0. The Hall–Kier alpha value is -0.157. The number of benzene rings is 1. The third-order valence-corrected chi connectivity index (χ3v) is 1.10. The van der Waals surface area contributed by atoms with Gasteiger partial charge in [0.25, 0.3) is 0 Å². The van der Waals surface area contributed by atoms with Gasteiger partial charge in [-0.1, -0.05) is 13.8 Å². The molecule has 1 rings (SSSR count). The molecule has 0 saturated heterocycles. The van der Waals surface area contributed by atoms with Gasteiger partial charge in [-0.25, -0.2) is 0 Å². The first kappa shape index (κ1) is 8.84. The van der Waals surface area contributed by atoms with Crippen LogP contribution in [0.1, 0.15) is 11.1 Å². The maximum Gasteiger partial charge on any atom is 0 e. The van der Waals surface area contributed by atoms with Gasteiger partial charge in [0, 0.05) is 19.5 Å². The summed E-state index contributed by atoms with van der Waals surface area (Å²) >= 11 is 0. The maximum absolute atomic E-state index is 3.07. The van der Waals surface area contributed by atoms with Crippen molar-refractivity contribution in [1.29, 1.82) is 0 Å². The molecule has 0 atom stereocenters. The van der Waals surface area contributed by atoms with Gasteiger partial charge in [-0.3, -0.25) is 0 Å². The Morgan fingerprint density at radius 1 is 1.33 bits per heavy atom. The van der Waals surface area contributed by atoms with E-state index in [2.05, 4.69) is 19.1 Å². The molecule has 0 radical (unpaired) electrons. The van der Waals surface area contributed by atoms with Crippen LogP contribution in [0.2, 0.25) is 0 Å². The molecular formula is C8H9Zn-. The van der Waals surface area contributed by atoms with Gasteiger partial charge in [0.05, 0.1) is 0 Å².